The van der Waals surface area contributed by atoms with Gasteiger partial charge in [0.1, 0.15) is 11.4 Å². The SMILES string of the molecule is CSC1(CNc2nccc(C)c2C(=O)O)CC1. The monoisotopic (exact) mass is 252 g/mol. The number of hydrogen-bond acceptors (Lipinski definition) is 4. The van der Waals surface area contributed by atoms with E-state index in [1.165, 1.54) is 12.8 Å². The summed E-state index contributed by atoms with van der Waals surface area (Å²) < 4.78 is 0.293. The number of nitrogens with one attached hydrogen (secondary N) is 1. The van der Waals surface area contributed by atoms with E-state index in [4.69, 9.17) is 5.11 Å². The van der Waals surface area contributed by atoms with Crippen molar-refractivity contribution in [3.63, 3.8) is 0 Å². The molecule has 0 bridgehead atoms. The largest absolute Gasteiger partial charge is 0.478 e. The van der Waals surface area contributed by atoms with Gasteiger partial charge in [0.2, 0.25) is 0 Å². The maximum absolute atomic E-state index is 11.2. The van der Waals surface area contributed by atoms with Gasteiger partial charge in [0.15, 0.2) is 0 Å². The Morgan fingerprint density at radius 3 is 2.88 bits per heavy atom. The first-order chi connectivity index (χ1) is 8.08. The van der Waals surface area contributed by atoms with Gasteiger partial charge in [-0.05, 0) is 37.7 Å². The number of carboxylic acid groups (broad SMARTS) is 1. The fraction of sp³-hybridized carbons (Fsp3) is 0.500. The number of aromatic carboxylic acids is 1. The van der Waals surface area contributed by atoms with E-state index in [9.17, 15) is 4.79 Å². The highest BCUT2D eigenvalue weighted by Gasteiger charge is 2.41. The standard InChI is InChI=1S/C12H16N2O2S/c1-8-3-6-13-10(9(8)11(15)16)14-7-12(17-2)4-5-12/h3,6H,4-5,7H2,1-2H3,(H,13,14)(H,15,16). The van der Waals surface area contributed by atoms with Crippen LogP contribution in [0.1, 0.15) is 28.8 Å². The van der Waals surface area contributed by atoms with Crippen molar-refractivity contribution >= 4 is 23.5 Å². The molecule has 1 aliphatic carbocycles. The molecule has 0 saturated heterocycles. The van der Waals surface area contributed by atoms with Gasteiger partial charge >= 0.3 is 5.97 Å². The number of anilines is 1. The minimum atomic E-state index is -0.924. The summed E-state index contributed by atoms with van der Waals surface area (Å²) in [5.41, 5.74) is 1.02. The molecule has 0 unspecified atom stereocenters. The number of aryl methyl sites for hydroxylation is 1. The molecular weight excluding hydrogens is 236 g/mol. The topological polar surface area (TPSA) is 62.2 Å². The van der Waals surface area contributed by atoms with Crippen molar-refractivity contribution in [3.05, 3.63) is 23.4 Å². The highest BCUT2D eigenvalue weighted by molar-refractivity contribution is 8.00. The predicted octanol–water partition coefficient (Wildman–Crippen LogP) is 2.40. The smallest absolute Gasteiger partial charge is 0.339 e. The van der Waals surface area contributed by atoms with Crippen molar-refractivity contribution < 1.29 is 9.90 Å². The molecule has 92 valence electrons. The molecule has 1 heterocycles. The maximum Gasteiger partial charge on any atom is 0.339 e. The minimum Gasteiger partial charge on any atom is -0.478 e. The van der Waals surface area contributed by atoms with Crippen molar-refractivity contribution in [3.8, 4) is 0 Å². The molecule has 1 aromatic rings. The lowest BCUT2D eigenvalue weighted by Gasteiger charge is -2.15. The molecule has 1 aliphatic rings. The zero-order valence-corrected chi connectivity index (χ0v) is 10.8. The van der Waals surface area contributed by atoms with Gasteiger partial charge in [0, 0.05) is 17.5 Å². The first kappa shape index (κ1) is 12.2. The van der Waals surface area contributed by atoms with Gasteiger partial charge in [-0.25, -0.2) is 9.78 Å². The van der Waals surface area contributed by atoms with E-state index >= 15 is 0 Å². The second-order valence-electron chi connectivity index (χ2n) is 4.40. The first-order valence-corrected chi connectivity index (χ1v) is 6.78. The molecule has 0 aromatic carbocycles. The van der Waals surface area contributed by atoms with Gasteiger partial charge in [0.25, 0.3) is 0 Å². The molecule has 0 radical (unpaired) electrons. The van der Waals surface area contributed by atoms with Crippen LogP contribution in [0.3, 0.4) is 0 Å². The van der Waals surface area contributed by atoms with Crippen LogP contribution in [0.2, 0.25) is 0 Å². The van der Waals surface area contributed by atoms with Crippen LogP contribution < -0.4 is 5.32 Å². The summed E-state index contributed by atoms with van der Waals surface area (Å²) in [5, 5.41) is 12.3. The van der Waals surface area contributed by atoms with Gasteiger partial charge in [0.05, 0.1) is 0 Å². The van der Waals surface area contributed by atoms with E-state index in [2.05, 4.69) is 16.6 Å². The first-order valence-electron chi connectivity index (χ1n) is 5.56. The molecule has 2 rings (SSSR count). The van der Waals surface area contributed by atoms with E-state index in [-0.39, 0.29) is 5.56 Å². The summed E-state index contributed by atoms with van der Waals surface area (Å²) >= 11 is 1.84. The van der Waals surface area contributed by atoms with Crippen LogP contribution in [0.5, 0.6) is 0 Å². The molecular formula is C12H16N2O2S. The van der Waals surface area contributed by atoms with Crippen LogP contribution in [-0.2, 0) is 0 Å². The molecule has 2 N–H and O–H groups in total. The fourth-order valence-corrected chi connectivity index (χ4v) is 2.53. The van der Waals surface area contributed by atoms with Crippen LogP contribution in [0.15, 0.2) is 12.3 Å². The Labute approximate surface area is 105 Å². The molecule has 0 aliphatic heterocycles. The number of rotatable bonds is 5. The average molecular weight is 252 g/mol. The Bertz CT molecular complexity index is 444. The Hall–Kier alpha value is -1.23. The third kappa shape index (κ3) is 2.54. The Morgan fingerprint density at radius 2 is 2.35 bits per heavy atom. The van der Waals surface area contributed by atoms with Crippen LogP contribution in [0, 0.1) is 6.92 Å². The van der Waals surface area contributed by atoms with Crippen LogP contribution in [-0.4, -0.2) is 33.6 Å². The lowest BCUT2D eigenvalue weighted by atomic mass is 10.1. The number of nitrogens with zero attached hydrogens (tertiary/aromatic N) is 1. The van der Waals surface area contributed by atoms with Crippen molar-refractivity contribution in [2.45, 2.75) is 24.5 Å². The second kappa shape index (κ2) is 4.56. The van der Waals surface area contributed by atoms with E-state index in [1.54, 1.807) is 19.2 Å². The van der Waals surface area contributed by atoms with Crippen molar-refractivity contribution in [1.29, 1.82) is 0 Å². The van der Waals surface area contributed by atoms with Gasteiger partial charge in [-0.1, -0.05) is 0 Å². The van der Waals surface area contributed by atoms with E-state index in [0.29, 0.717) is 10.6 Å². The Kier molecular flexibility index (Phi) is 3.28. The number of carbonyl (C=O) groups is 1. The van der Waals surface area contributed by atoms with Gasteiger partial charge < -0.3 is 10.4 Å². The summed E-state index contributed by atoms with van der Waals surface area (Å²) in [6, 6.07) is 1.72. The molecule has 5 heteroatoms. The van der Waals surface area contributed by atoms with Crippen LogP contribution >= 0.6 is 11.8 Å². The highest BCUT2D eigenvalue weighted by atomic mass is 32.2. The molecule has 1 fully saturated rings. The zero-order chi connectivity index (χ0) is 12.5. The number of carboxylic acids is 1. The summed E-state index contributed by atoms with van der Waals surface area (Å²) in [7, 11) is 0. The zero-order valence-electron chi connectivity index (χ0n) is 9.99. The second-order valence-corrected chi connectivity index (χ2v) is 5.67. The van der Waals surface area contributed by atoms with Crippen LogP contribution in [0.4, 0.5) is 5.82 Å². The van der Waals surface area contributed by atoms with E-state index in [0.717, 1.165) is 12.1 Å². The Balaban J connectivity index is 2.15. The summed E-state index contributed by atoms with van der Waals surface area (Å²) in [6.45, 7) is 2.57. The van der Waals surface area contributed by atoms with Gasteiger partial charge in [-0.15, -0.1) is 0 Å². The molecule has 0 spiro atoms. The summed E-state index contributed by atoms with van der Waals surface area (Å²) in [5.74, 6) is -0.440. The fourth-order valence-electron chi connectivity index (χ4n) is 1.80. The summed E-state index contributed by atoms with van der Waals surface area (Å²) in [6.07, 6.45) is 6.12. The normalized spacial score (nSPS) is 16.6. The molecule has 0 atom stereocenters. The number of thioether (sulfide) groups is 1. The van der Waals surface area contributed by atoms with Gasteiger partial charge in [-0.2, -0.15) is 11.8 Å². The lowest BCUT2D eigenvalue weighted by molar-refractivity contribution is 0.0697. The van der Waals surface area contributed by atoms with Crippen molar-refractivity contribution in [1.82, 2.24) is 4.98 Å². The average Bonchev–Trinajstić information content (AvgIpc) is 3.06. The molecule has 4 nitrogen and oxygen atoms in total. The third-order valence-electron chi connectivity index (χ3n) is 3.19. The molecule has 0 amide bonds. The number of aromatic nitrogens is 1. The maximum atomic E-state index is 11.2. The van der Waals surface area contributed by atoms with Crippen molar-refractivity contribution in [2.24, 2.45) is 0 Å². The highest BCUT2D eigenvalue weighted by Crippen LogP contribution is 2.47. The van der Waals surface area contributed by atoms with Gasteiger partial charge in [-0.3, -0.25) is 0 Å². The van der Waals surface area contributed by atoms with E-state index in [1.807, 2.05) is 11.8 Å². The quantitative estimate of drug-likeness (QED) is 0.842. The predicted molar refractivity (Wildman–Crippen MR) is 69.9 cm³/mol. The molecule has 1 aromatic heterocycles. The van der Waals surface area contributed by atoms with E-state index < -0.39 is 5.97 Å². The molecule has 17 heavy (non-hydrogen) atoms. The number of hydrogen-bond donors (Lipinski definition) is 2. The third-order valence-corrected chi connectivity index (χ3v) is 4.61. The van der Waals surface area contributed by atoms with Crippen LogP contribution in [0.25, 0.3) is 0 Å². The summed E-state index contributed by atoms with van der Waals surface area (Å²) in [4.78, 5) is 15.3. The molecule has 1 saturated carbocycles. The van der Waals surface area contributed by atoms with Crippen molar-refractivity contribution in [2.75, 3.05) is 18.1 Å². The lowest BCUT2D eigenvalue weighted by Crippen LogP contribution is -2.20. The minimum absolute atomic E-state index is 0.282. The number of pyridine rings is 1. The Morgan fingerprint density at radius 1 is 1.65 bits per heavy atom.